The summed E-state index contributed by atoms with van der Waals surface area (Å²) in [7, 11) is 0. The summed E-state index contributed by atoms with van der Waals surface area (Å²) in [5.41, 5.74) is 1.22. The molecule has 0 aliphatic rings. The fourth-order valence-corrected chi connectivity index (χ4v) is 2.44. The molecule has 0 fully saturated rings. The Balaban J connectivity index is 1.98. The van der Waals surface area contributed by atoms with Crippen molar-refractivity contribution in [3.8, 4) is 5.75 Å². The zero-order valence-corrected chi connectivity index (χ0v) is 11.7. The molecule has 1 atom stereocenters. The summed E-state index contributed by atoms with van der Waals surface area (Å²) in [6.07, 6.45) is 1.75. The van der Waals surface area contributed by atoms with Gasteiger partial charge in [0.1, 0.15) is 5.75 Å². The molecular weight excluding hydrogens is 260 g/mol. The van der Waals surface area contributed by atoms with Crippen molar-refractivity contribution < 1.29 is 9.90 Å². The number of phenols is 1. The minimum absolute atomic E-state index is 0.0133. The number of nitrogens with one attached hydrogen (secondary N) is 1. The number of thiazole rings is 1. The fourth-order valence-electron chi connectivity index (χ4n) is 1.74. The molecule has 2 rings (SSSR count). The normalized spacial score (nSPS) is 12.1. The lowest BCUT2D eigenvalue weighted by molar-refractivity contribution is 0.0949. The van der Waals surface area contributed by atoms with E-state index in [1.54, 1.807) is 35.7 Å². The van der Waals surface area contributed by atoms with Gasteiger partial charge < -0.3 is 10.4 Å². The van der Waals surface area contributed by atoms with Gasteiger partial charge in [0.25, 0.3) is 5.91 Å². The highest BCUT2D eigenvalue weighted by molar-refractivity contribution is 7.09. The van der Waals surface area contributed by atoms with Crippen molar-refractivity contribution in [1.29, 1.82) is 0 Å². The molecule has 19 heavy (non-hydrogen) atoms. The number of phenolic OH excluding ortho intramolecular Hbond substituents is 1. The molecule has 0 saturated heterocycles. The van der Waals surface area contributed by atoms with Gasteiger partial charge >= 0.3 is 0 Å². The maximum atomic E-state index is 12.0. The van der Waals surface area contributed by atoms with Gasteiger partial charge in [0, 0.05) is 24.0 Å². The Bertz CT molecular complexity index is 567. The average molecular weight is 276 g/mol. The summed E-state index contributed by atoms with van der Waals surface area (Å²) in [4.78, 5) is 16.2. The zero-order chi connectivity index (χ0) is 13.8. The molecular formula is C14H16N2O2S. The van der Waals surface area contributed by atoms with Crippen molar-refractivity contribution in [3.05, 3.63) is 45.9 Å². The molecule has 1 aromatic carbocycles. The van der Waals surface area contributed by atoms with E-state index in [1.165, 1.54) is 0 Å². The predicted molar refractivity (Wildman–Crippen MR) is 75.7 cm³/mol. The lowest BCUT2D eigenvalue weighted by Gasteiger charge is -2.11. The van der Waals surface area contributed by atoms with Gasteiger partial charge in [0.2, 0.25) is 0 Å². The van der Waals surface area contributed by atoms with Crippen molar-refractivity contribution in [2.45, 2.75) is 19.8 Å². The molecule has 0 radical (unpaired) electrons. The van der Waals surface area contributed by atoms with Crippen LogP contribution in [0.2, 0.25) is 0 Å². The van der Waals surface area contributed by atoms with Crippen LogP contribution in [-0.4, -0.2) is 22.5 Å². The molecule has 1 amide bonds. The largest absolute Gasteiger partial charge is 0.507 e. The number of carbonyl (C=O) groups excluding carboxylic acids is 1. The van der Waals surface area contributed by atoms with E-state index in [1.807, 2.05) is 19.2 Å². The van der Waals surface area contributed by atoms with Gasteiger partial charge in [0.05, 0.1) is 10.6 Å². The van der Waals surface area contributed by atoms with E-state index in [2.05, 4.69) is 10.3 Å². The number of aromatic hydroxyl groups is 1. The molecule has 100 valence electrons. The Hall–Kier alpha value is -1.88. The smallest absolute Gasteiger partial charge is 0.255 e. The van der Waals surface area contributed by atoms with Crippen LogP contribution in [0.25, 0.3) is 0 Å². The quantitative estimate of drug-likeness (QED) is 0.902. The molecule has 0 saturated carbocycles. The Morgan fingerprint density at radius 3 is 2.95 bits per heavy atom. The van der Waals surface area contributed by atoms with Crippen LogP contribution in [-0.2, 0) is 0 Å². The third-order valence-corrected chi connectivity index (χ3v) is 3.85. The van der Waals surface area contributed by atoms with Crippen LogP contribution >= 0.6 is 11.3 Å². The highest BCUT2D eigenvalue weighted by atomic mass is 32.1. The molecule has 1 aromatic heterocycles. The molecule has 2 N–H and O–H groups in total. The van der Waals surface area contributed by atoms with Gasteiger partial charge in [-0.05, 0) is 24.6 Å². The summed E-state index contributed by atoms with van der Waals surface area (Å²) in [5.74, 6) is -0.0863. The predicted octanol–water partition coefficient (Wildman–Crippen LogP) is 2.69. The van der Waals surface area contributed by atoms with Gasteiger partial charge in [-0.1, -0.05) is 13.0 Å². The first-order valence-corrected chi connectivity index (χ1v) is 6.93. The minimum atomic E-state index is -0.263. The van der Waals surface area contributed by atoms with Gasteiger partial charge in [-0.3, -0.25) is 4.79 Å². The maximum absolute atomic E-state index is 12.0. The molecule has 0 spiro atoms. The van der Waals surface area contributed by atoms with E-state index in [4.69, 9.17) is 0 Å². The number of hydrogen-bond acceptors (Lipinski definition) is 4. The zero-order valence-electron chi connectivity index (χ0n) is 10.9. The first-order valence-electron chi connectivity index (χ1n) is 6.05. The number of hydrogen-bond donors (Lipinski definition) is 2. The Morgan fingerprint density at radius 2 is 2.32 bits per heavy atom. The van der Waals surface area contributed by atoms with Crippen molar-refractivity contribution >= 4 is 17.2 Å². The second kappa shape index (κ2) is 5.84. The van der Waals surface area contributed by atoms with Gasteiger partial charge in [-0.15, -0.1) is 11.3 Å². The van der Waals surface area contributed by atoms with E-state index >= 15 is 0 Å². The van der Waals surface area contributed by atoms with Gasteiger partial charge in [-0.25, -0.2) is 4.98 Å². The fraction of sp³-hybridized carbons (Fsp3) is 0.286. The molecule has 1 heterocycles. The van der Waals surface area contributed by atoms with Crippen LogP contribution in [0.1, 0.15) is 33.8 Å². The number of nitrogens with zero attached hydrogens (tertiary/aromatic N) is 1. The van der Waals surface area contributed by atoms with Crippen LogP contribution < -0.4 is 5.32 Å². The highest BCUT2D eigenvalue weighted by Gasteiger charge is 2.13. The van der Waals surface area contributed by atoms with Crippen molar-refractivity contribution in [1.82, 2.24) is 10.3 Å². The van der Waals surface area contributed by atoms with E-state index in [0.717, 1.165) is 10.6 Å². The summed E-state index contributed by atoms with van der Waals surface area (Å²) in [6, 6.07) is 5.02. The van der Waals surface area contributed by atoms with Crippen LogP contribution in [0.15, 0.2) is 29.8 Å². The minimum Gasteiger partial charge on any atom is -0.507 e. The molecule has 1 unspecified atom stereocenters. The molecule has 4 nitrogen and oxygen atoms in total. The maximum Gasteiger partial charge on any atom is 0.255 e. The summed E-state index contributed by atoms with van der Waals surface area (Å²) >= 11 is 1.57. The van der Waals surface area contributed by atoms with Crippen LogP contribution in [0.4, 0.5) is 0 Å². The average Bonchev–Trinajstić information content (AvgIpc) is 2.89. The third kappa shape index (κ3) is 3.32. The SMILES string of the molecule is Cc1ccc(C(=O)NCC(C)c2nccs2)c(O)c1. The van der Waals surface area contributed by atoms with Crippen LogP contribution in [0.3, 0.4) is 0 Å². The van der Waals surface area contributed by atoms with E-state index in [9.17, 15) is 9.90 Å². The van der Waals surface area contributed by atoms with Crippen molar-refractivity contribution in [2.24, 2.45) is 0 Å². The Labute approximate surface area is 116 Å². The summed E-state index contributed by atoms with van der Waals surface area (Å²) in [6.45, 7) is 4.37. The number of aromatic nitrogens is 1. The Morgan fingerprint density at radius 1 is 1.53 bits per heavy atom. The number of aryl methyl sites for hydroxylation is 1. The van der Waals surface area contributed by atoms with Crippen LogP contribution in [0, 0.1) is 6.92 Å². The molecule has 2 aromatic rings. The van der Waals surface area contributed by atoms with Crippen molar-refractivity contribution in [3.63, 3.8) is 0 Å². The molecule has 0 aliphatic carbocycles. The standard InChI is InChI=1S/C14H16N2O2S/c1-9-3-4-11(12(17)7-9)13(18)16-8-10(2)14-15-5-6-19-14/h3-7,10,17H,8H2,1-2H3,(H,16,18). The first-order chi connectivity index (χ1) is 9.08. The second-order valence-electron chi connectivity index (χ2n) is 4.50. The first kappa shape index (κ1) is 13.5. The topological polar surface area (TPSA) is 62.2 Å². The number of amides is 1. The highest BCUT2D eigenvalue weighted by Crippen LogP contribution is 2.19. The summed E-state index contributed by atoms with van der Waals surface area (Å²) in [5, 5.41) is 15.5. The molecule has 5 heteroatoms. The van der Waals surface area contributed by atoms with E-state index in [-0.39, 0.29) is 17.6 Å². The van der Waals surface area contributed by atoms with Crippen LogP contribution in [0.5, 0.6) is 5.75 Å². The number of rotatable bonds is 4. The Kier molecular flexibility index (Phi) is 4.16. The number of benzene rings is 1. The summed E-state index contributed by atoms with van der Waals surface area (Å²) < 4.78 is 0. The van der Waals surface area contributed by atoms with Crippen molar-refractivity contribution in [2.75, 3.05) is 6.54 Å². The van der Waals surface area contributed by atoms with E-state index in [0.29, 0.717) is 12.1 Å². The van der Waals surface area contributed by atoms with E-state index < -0.39 is 0 Å². The lowest BCUT2D eigenvalue weighted by atomic mass is 10.1. The van der Waals surface area contributed by atoms with Gasteiger partial charge in [0.15, 0.2) is 0 Å². The molecule has 0 bridgehead atoms. The second-order valence-corrected chi connectivity index (χ2v) is 5.43. The molecule has 0 aliphatic heterocycles. The number of carbonyl (C=O) groups is 1. The van der Waals surface area contributed by atoms with Gasteiger partial charge in [-0.2, -0.15) is 0 Å². The monoisotopic (exact) mass is 276 g/mol. The third-order valence-electron chi connectivity index (χ3n) is 2.84. The lowest BCUT2D eigenvalue weighted by Crippen LogP contribution is -2.27.